The molecule has 0 bridgehead atoms. The molecule has 2 aromatic heterocycles. The van der Waals surface area contributed by atoms with Crippen LogP contribution in [-0.4, -0.2) is 43.8 Å². The summed E-state index contributed by atoms with van der Waals surface area (Å²) in [4.78, 5) is 31.7. The van der Waals surface area contributed by atoms with Crippen molar-refractivity contribution in [3.8, 4) is 0 Å². The van der Waals surface area contributed by atoms with Crippen LogP contribution in [0.4, 0.5) is 0 Å². The fraction of sp³-hybridized carbons (Fsp3) is 0.526. The maximum Gasteiger partial charge on any atom is 0.255 e. The van der Waals surface area contributed by atoms with Gasteiger partial charge < -0.3 is 14.0 Å². The van der Waals surface area contributed by atoms with Gasteiger partial charge in [-0.05, 0) is 39.7 Å². The van der Waals surface area contributed by atoms with Gasteiger partial charge in [0.05, 0.1) is 5.56 Å². The number of aromatic nitrogens is 3. The summed E-state index contributed by atoms with van der Waals surface area (Å²) in [6.45, 7) is 8.13. The molecule has 0 aliphatic carbocycles. The van der Waals surface area contributed by atoms with Crippen LogP contribution in [0.5, 0.6) is 0 Å². The first kappa shape index (κ1) is 17.5. The van der Waals surface area contributed by atoms with E-state index in [-0.39, 0.29) is 17.6 Å². The van der Waals surface area contributed by atoms with Gasteiger partial charge in [-0.1, -0.05) is 0 Å². The summed E-state index contributed by atoms with van der Waals surface area (Å²) in [5.74, 6) is 0.367. The second kappa shape index (κ2) is 6.86. The lowest BCUT2D eigenvalue weighted by Gasteiger charge is -2.32. The lowest BCUT2D eigenvalue weighted by atomic mass is 9.93. The lowest BCUT2D eigenvalue weighted by molar-refractivity contribution is 0.0632. The Labute approximate surface area is 148 Å². The Morgan fingerprint density at radius 2 is 2.08 bits per heavy atom. The molecule has 25 heavy (non-hydrogen) atoms. The number of hydrogen-bond donors (Lipinski definition) is 0. The molecular formula is C19H26N4O2. The van der Waals surface area contributed by atoms with Crippen molar-refractivity contribution in [3.63, 3.8) is 0 Å². The van der Waals surface area contributed by atoms with E-state index in [1.165, 1.54) is 0 Å². The van der Waals surface area contributed by atoms with Crippen molar-refractivity contribution in [2.24, 2.45) is 13.0 Å². The Morgan fingerprint density at radius 1 is 1.32 bits per heavy atom. The number of nitrogens with zero attached hydrogens (tertiary/aromatic N) is 4. The first-order chi connectivity index (χ1) is 11.9. The molecule has 0 unspecified atom stereocenters. The van der Waals surface area contributed by atoms with Gasteiger partial charge in [0.2, 0.25) is 5.78 Å². The van der Waals surface area contributed by atoms with Gasteiger partial charge in [-0.2, -0.15) is 0 Å². The van der Waals surface area contributed by atoms with Gasteiger partial charge in [0.15, 0.2) is 5.82 Å². The van der Waals surface area contributed by atoms with Gasteiger partial charge in [-0.25, -0.2) is 4.98 Å². The zero-order valence-electron chi connectivity index (χ0n) is 15.5. The van der Waals surface area contributed by atoms with Crippen LogP contribution in [0.3, 0.4) is 0 Å². The molecule has 1 amide bonds. The molecule has 0 saturated carbocycles. The molecule has 0 aromatic carbocycles. The molecule has 1 aliphatic rings. The lowest BCUT2D eigenvalue weighted by Crippen LogP contribution is -2.42. The number of ketones is 1. The molecular weight excluding hydrogens is 316 g/mol. The van der Waals surface area contributed by atoms with Crippen LogP contribution in [0.15, 0.2) is 18.5 Å². The Hall–Kier alpha value is -2.37. The SMILES string of the molecule is CCn1c(C)cc(C(=O)N2CCC[C@@H](C(=O)c3nccn3C)C2)c1C. The first-order valence-electron chi connectivity index (χ1n) is 8.91. The number of likely N-dealkylation sites (tertiary alicyclic amines) is 1. The highest BCUT2D eigenvalue weighted by Gasteiger charge is 2.32. The molecule has 1 atom stereocenters. The number of carbonyl (C=O) groups excluding carboxylic acids is 2. The second-order valence-corrected chi connectivity index (χ2v) is 6.85. The van der Waals surface area contributed by atoms with E-state index in [9.17, 15) is 9.59 Å². The van der Waals surface area contributed by atoms with Crippen LogP contribution in [0.1, 0.15) is 52.1 Å². The Morgan fingerprint density at radius 3 is 2.68 bits per heavy atom. The van der Waals surface area contributed by atoms with E-state index in [4.69, 9.17) is 0 Å². The summed E-state index contributed by atoms with van der Waals surface area (Å²) in [6, 6.07) is 1.96. The minimum Gasteiger partial charge on any atom is -0.349 e. The number of piperidine rings is 1. The van der Waals surface area contributed by atoms with Crippen LogP contribution in [0.2, 0.25) is 0 Å². The highest BCUT2D eigenvalue weighted by atomic mass is 16.2. The van der Waals surface area contributed by atoms with Crippen molar-refractivity contribution in [2.75, 3.05) is 13.1 Å². The normalized spacial score (nSPS) is 17.8. The molecule has 2 aromatic rings. The number of carbonyl (C=O) groups is 2. The van der Waals surface area contributed by atoms with Gasteiger partial charge in [-0.15, -0.1) is 0 Å². The zero-order chi connectivity index (χ0) is 18.1. The number of imidazole rings is 1. The molecule has 6 nitrogen and oxygen atoms in total. The highest BCUT2D eigenvalue weighted by molar-refractivity contribution is 5.98. The van der Waals surface area contributed by atoms with Crippen molar-refractivity contribution in [1.29, 1.82) is 0 Å². The molecule has 0 radical (unpaired) electrons. The Kier molecular flexibility index (Phi) is 4.79. The summed E-state index contributed by atoms with van der Waals surface area (Å²) >= 11 is 0. The monoisotopic (exact) mass is 342 g/mol. The van der Waals surface area contributed by atoms with Gasteiger partial charge in [0.25, 0.3) is 5.91 Å². The van der Waals surface area contributed by atoms with Crippen LogP contribution >= 0.6 is 0 Å². The smallest absolute Gasteiger partial charge is 0.255 e. The predicted octanol–water partition coefficient (Wildman–Crippen LogP) is 2.59. The van der Waals surface area contributed by atoms with Crippen LogP contribution < -0.4 is 0 Å². The summed E-state index contributed by atoms with van der Waals surface area (Å²) in [5.41, 5.74) is 2.85. The van der Waals surface area contributed by atoms with E-state index in [1.807, 2.05) is 31.9 Å². The van der Waals surface area contributed by atoms with Gasteiger partial charge in [0.1, 0.15) is 0 Å². The van der Waals surface area contributed by atoms with Gasteiger partial charge in [-0.3, -0.25) is 9.59 Å². The molecule has 1 saturated heterocycles. The summed E-state index contributed by atoms with van der Waals surface area (Å²) in [7, 11) is 1.82. The fourth-order valence-electron chi connectivity index (χ4n) is 3.84. The average molecular weight is 342 g/mol. The zero-order valence-corrected chi connectivity index (χ0v) is 15.5. The van der Waals surface area contributed by atoms with E-state index < -0.39 is 0 Å². The van der Waals surface area contributed by atoms with Gasteiger partial charge in [0, 0.05) is 56.4 Å². The Balaban J connectivity index is 1.78. The largest absolute Gasteiger partial charge is 0.349 e. The molecule has 0 N–H and O–H groups in total. The number of rotatable bonds is 4. The fourth-order valence-corrected chi connectivity index (χ4v) is 3.84. The van der Waals surface area contributed by atoms with Crippen LogP contribution in [0.25, 0.3) is 0 Å². The van der Waals surface area contributed by atoms with E-state index in [1.54, 1.807) is 17.0 Å². The maximum atomic E-state index is 13.0. The van der Waals surface area contributed by atoms with Crippen molar-refractivity contribution in [3.05, 3.63) is 41.2 Å². The third kappa shape index (κ3) is 3.13. The molecule has 1 fully saturated rings. The minimum atomic E-state index is -0.173. The number of hydrogen-bond acceptors (Lipinski definition) is 3. The third-order valence-corrected chi connectivity index (χ3v) is 5.24. The molecule has 1 aliphatic heterocycles. The summed E-state index contributed by atoms with van der Waals surface area (Å²) in [6.07, 6.45) is 5.07. The second-order valence-electron chi connectivity index (χ2n) is 6.85. The molecule has 134 valence electrons. The third-order valence-electron chi connectivity index (χ3n) is 5.24. The highest BCUT2D eigenvalue weighted by Crippen LogP contribution is 2.24. The van der Waals surface area contributed by atoms with Crippen molar-refractivity contribution >= 4 is 11.7 Å². The number of aryl methyl sites for hydroxylation is 2. The minimum absolute atomic E-state index is 0.0315. The van der Waals surface area contributed by atoms with E-state index in [2.05, 4.69) is 16.5 Å². The molecule has 3 rings (SSSR count). The number of amides is 1. The standard InChI is InChI=1S/C19H26N4O2/c1-5-23-13(2)11-16(14(23)3)19(25)22-9-6-7-15(12-22)17(24)18-20-8-10-21(18)4/h8,10-11,15H,5-7,9,12H2,1-4H3/t15-/m1/s1. The van der Waals surface area contributed by atoms with Gasteiger partial charge >= 0.3 is 0 Å². The first-order valence-corrected chi connectivity index (χ1v) is 8.91. The Bertz CT molecular complexity index is 802. The number of Topliss-reactive ketones (excluding diaryl/α,β-unsaturated/α-hetero) is 1. The topological polar surface area (TPSA) is 60.1 Å². The molecule has 6 heteroatoms. The molecule has 3 heterocycles. The van der Waals surface area contributed by atoms with Crippen LogP contribution in [0, 0.1) is 19.8 Å². The van der Waals surface area contributed by atoms with Crippen molar-refractivity contribution < 1.29 is 9.59 Å². The van der Waals surface area contributed by atoms with E-state index in [0.29, 0.717) is 18.9 Å². The molecule has 0 spiro atoms. The van der Waals surface area contributed by atoms with E-state index in [0.717, 1.165) is 36.3 Å². The maximum absolute atomic E-state index is 13.0. The summed E-state index contributed by atoms with van der Waals surface area (Å²) in [5, 5.41) is 0. The summed E-state index contributed by atoms with van der Waals surface area (Å²) < 4.78 is 3.89. The van der Waals surface area contributed by atoms with Crippen molar-refractivity contribution in [1.82, 2.24) is 19.0 Å². The quantitative estimate of drug-likeness (QED) is 0.803. The van der Waals surface area contributed by atoms with Crippen LogP contribution in [-0.2, 0) is 13.6 Å². The predicted molar refractivity (Wildman–Crippen MR) is 95.7 cm³/mol. The van der Waals surface area contributed by atoms with E-state index >= 15 is 0 Å². The van der Waals surface area contributed by atoms with Crippen molar-refractivity contribution in [2.45, 2.75) is 40.2 Å². The average Bonchev–Trinajstić information content (AvgIpc) is 3.16.